The molecule has 1 rings (SSSR count). The Bertz CT molecular complexity index is 472. The summed E-state index contributed by atoms with van der Waals surface area (Å²) in [5.74, 6) is 0.714. The Balaban J connectivity index is 2.28. The Hall–Kier alpha value is -2.08. The molecule has 0 aliphatic heterocycles. The van der Waals surface area contributed by atoms with Crippen LogP contribution in [0.2, 0.25) is 0 Å². The standard InChI is InChI=1S/C16H26N4O2/c1-4-22-12-11-19-16(17-3)18-10-9-14-5-7-15(8-6-14)20-13(2)21/h5-8H,4,9-12H2,1-3H3,(H,20,21)(H2,17,18,19). The predicted octanol–water partition coefficient (Wildman–Crippen LogP) is 1.39. The normalized spacial score (nSPS) is 11.1. The first-order chi connectivity index (χ1) is 10.7. The summed E-state index contributed by atoms with van der Waals surface area (Å²) in [5.41, 5.74) is 2.02. The Morgan fingerprint density at radius 3 is 2.45 bits per heavy atom. The number of carbonyl (C=O) groups is 1. The highest BCUT2D eigenvalue weighted by atomic mass is 16.5. The van der Waals surface area contributed by atoms with Crippen molar-refractivity contribution < 1.29 is 9.53 Å². The van der Waals surface area contributed by atoms with Crippen molar-refractivity contribution in [2.24, 2.45) is 4.99 Å². The van der Waals surface area contributed by atoms with Crippen molar-refractivity contribution in [3.05, 3.63) is 29.8 Å². The second kappa shape index (κ2) is 10.6. The number of hydrogen-bond acceptors (Lipinski definition) is 3. The zero-order valence-electron chi connectivity index (χ0n) is 13.6. The molecule has 0 aliphatic carbocycles. The van der Waals surface area contributed by atoms with Gasteiger partial charge in [0.25, 0.3) is 0 Å². The van der Waals surface area contributed by atoms with Crippen molar-refractivity contribution >= 4 is 17.6 Å². The zero-order valence-corrected chi connectivity index (χ0v) is 13.6. The molecule has 0 saturated carbocycles. The molecule has 1 aromatic rings. The van der Waals surface area contributed by atoms with Crippen LogP contribution in [0.5, 0.6) is 0 Å². The largest absolute Gasteiger partial charge is 0.380 e. The van der Waals surface area contributed by atoms with E-state index in [4.69, 9.17) is 4.74 Å². The van der Waals surface area contributed by atoms with Crippen LogP contribution in [-0.2, 0) is 16.0 Å². The number of aliphatic imine (C=N–C) groups is 1. The molecule has 0 radical (unpaired) electrons. The van der Waals surface area contributed by atoms with Gasteiger partial charge in [0, 0.05) is 39.4 Å². The molecule has 1 aromatic carbocycles. The first kappa shape index (κ1) is 18.0. The molecule has 0 spiro atoms. The van der Waals surface area contributed by atoms with E-state index in [9.17, 15) is 4.79 Å². The fourth-order valence-corrected chi connectivity index (χ4v) is 1.89. The van der Waals surface area contributed by atoms with E-state index in [1.165, 1.54) is 12.5 Å². The molecular formula is C16H26N4O2. The molecule has 0 atom stereocenters. The van der Waals surface area contributed by atoms with Crippen molar-refractivity contribution in [3.8, 4) is 0 Å². The smallest absolute Gasteiger partial charge is 0.221 e. The Labute approximate surface area is 132 Å². The average Bonchev–Trinajstić information content (AvgIpc) is 2.51. The van der Waals surface area contributed by atoms with Crippen LogP contribution >= 0.6 is 0 Å². The van der Waals surface area contributed by atoms with Gasteiger partial charge < -0.3 is 20.7 Å². The molecule has 0 bridgehead atoms. The summed E-state index contributed by atoms with van der Waals surface area (Å²) in [5, 5.41) is 9.20. The number of anilines is 1. The molecule has 0 heterocycles. The molecule has 0 aromatic heterocycles. The van der Waals surface area contributed by atoms with Crippen LogP contribution in [0.3, 0.4) is 0 Å². The summed E-state index contributed by atoms with van der Waals surface area (Å²) in [7, 11) is 1.75. The third kappa shape index (κ3) is 7.64. The lowest BCUT2D eigenvalue weighted by Crippen LogP contribution is -2.39. The zero-order chi connectivity index (χ0) is 16.2. The van der Waals surface area contributed by atoms with Crippen LogP contribution in [0.15, 0.2) is 29.3 Å². The molecule has 0 unspecified atom stereocenters. The van der Waals surface area contributed by atoms with E-state index in [1.54, 1.807) is 7.05 Å². The number of nitrogens with zero attached hydrogens (tertiary/aromatic N) is 1. The Morgan fingerprint density at radius 1 is 1.18 bits per heavy atom. The summed E-state index contributed by atoms with van der Waals surface area (Å²) in [6.45, 7) is 6.39. The molecule has 6 heteroatoms. The second-order valence-electron chi connectivity index (χ2n) is 4.75. The van der Waals surface area contributed by atoms with Gasteiger partial charge in [0.05, 0.1) is 6.61 Å². The minimum Gasteiger partial charge on any atom is -0.380 e. The van der Waals surface area contributed by atoms with Gasteiger partial charge in [-0.15, -0.1) is 0 Å². The molecule has 0 saturated heterocycles. The van der Waals surface area contributed by atoms with Gasteiger partial charge in [-0.2, -0.15) is 0 Å². The Kier molecular flexibility index (Phi) is 8.67. The molecule has 1 amide bonds. The first-order valence-electron chi connectivity index (χ1n) is 7.54. The third-order valence-electron chi connectivity index (χ3n) is 2.95. The topological polar surface area (TPSA) is 74.8 Å². The second-order valence-corrected chi connectivity index (χ2v) is 4.75. The summed E-state index contributed by atoms with van der Waals surface area (Å²) in [6.07, 6.45) is 0.881. The minimum absolute atomic E-state index is 0.0589. The van der Waals surface area contributed by atoms with E-state index in [1.807, 2.05) is 31.2 Å². The molecule has 3 N–H and O–H groups in total. The number of hydrogen-bond donors (Lipinski definition) is 3. The van der Waals surface area contributed by atoms with Gasteiger partial charge in [0.2, 0.25) is 5.91 Å². The number of carbonyl (C=O) groups excluding carboxylic acids is 1. The highest BCUT2D eigenvalue weighted by Crippen LogP contribution is 2.09. The fraction of sp³-hybridized carbons (Fsp3) is 0.500. The van der Waals surface area contributed by atoms with Gasteiger partial charge >= 0.3 is 0 Å². The summed E-state index contributed by atoms with van der Waals surface area (Å²) in [4.78, 5) is 15.1. The van der Waals surface area contributed by atoms with E-state index in [0.29, 0.717) is 6.61 Å². The maximum absolute atomic E-state index is 11.0. The SMILES string of the molecule is CCOCCNC(=NC)NCCc1ccc(NC(C)=O)cc1. The van der Waals surface area contributed by atoms with E-state index in [2.05, 4.69) is 20.9 Å². The van der Waals surface area contributed by atoms with Crippen LogP contribution in [-0.4, -0.2) is 45.2 Å². The van der Waals surface area contributed by atoms with Crippen molar-refractivity contribution in [1.29, 1.82) is 0 Å². The van der Waals surface area contributed by atoms with Gasteiger partial charge in [-0.25, -0.2) is 0 Å². The van der Waals surface area contributed by atoms with Crippen LogP contribution in [0.1, 0.15) is 19.4 Å². The monoisotopic (exact) mass is 306 g/mol. The lowest BCUT2D eigenvalue weighted by Gasteiger charge is -2.12. The molecule has 0 aliphatic rings. The van der Waals surface area contributed by atoms with Gasteiger partial charge in [0.1, 0.15) is 0 Å². The molecule has 122 valence electrons. The highest BCUT2D eigenvalue weighted by molar-refractivity contribution is 5.88. The quantitative estimate of drug-likeness (QED) is 0.385. The number of benzene rings is 1. The summed E-state index contributed by atoms with van der Waals surface area (Å²) >= 11 is 0. The molecule has 22 heavy (non-hydrogen) atoms. The summed E-state index contributed by atoms with van der Waals surface area (Å²) < 4.78 is 5.27. The molecular weight excluding hydrogens is 280 g/mol. The van der Waals surface area contributed by atoms with Crippen LogP contribution in [0.4, 0.5) is 5.69 Å². The lowest BCUT2D eigenvalue weighted by molar-refractivity contribution is -0.114. The molecule has 0 fully saturated rings. The summed E-state index contributed by atoms with van der Waals surface area (Å²) in [6, 6.07) is 7.84. The van der Waals surface area contributed by atoms with E-state index < -0.39 is 0 Å². The van der Waals surface area contributed by atoms with Crippen LogP contribution < -0.4 is 16.0 Å². The van der Waals surface area contributed by atoms with E-state index >= 15 is 0 Å². The predicted molar refractivity (Wildman–Crippen MR) is 90.3 cm³/mol. The maximum Gasteiger partial charge on any atom is 0.221 e. The van der Waals surface area contributed by atoms with Gasteiger partial charge in [0.15, 0.2) is 5.96 Å². The third-order valence-corrected chi connectivity index (χ3v) is 2.95. The lowest BCUT2D eigenvalue weighted by atomic mass is 10.1. The van der Waals surface area contributed by atoms with Crippen LogP contribution in [0.25, 0.3) is 0 Å². The minimum atomic E-state index is -0.0589. The van der Waals surface area contributed by atoms with E-state index in [-0.39, 0.29) is 5.91 Å². The van der Waals surface area contributed by atoms with Crippen molar-refractivity contribution in [2.45, 2.75) is 20.3 Å². The average molecular weight is 306 g/mol. The van der Waals surface area contributed by atoms with Crippen molar-refractivity contribution in [1.82, 2.24) is 10.6 Å². The molecule has 6 nitrogen and oxygen atoms in total. The number of rotatable bonds is 8. The number of amides is 1. The highest BCUT2D eigenvalue weighted by Gasteiger charge is 1.99. The Morgan fingerprint density at radius 2 is 1.86 bits per heavy atom. The maximum atomic E-state index is 11.0. The first-order valence-corrected chi connectivity index (χ1v) is 7.54. The van der Waals surface area contributed by atoms with E-state index in [0.717, 1.165) is 37.8 Å². The van der Waals surface area contributed by atoms with Gasteiger partial charge in [-0.05, 0) is 31.0 Å². The number of ether oxygens (including phenoxy) is 1. The number of guanidine groups is 1. The van der Waals surface area contributed by atoms with Crippen LogP contribution in [0, 0.1) is 0 Å². The van der Waals surface area contributed by atoms with Gasteiger partial charge in [-0.3, -0.25) is 9.79 Å². The van der Waals surface area contributed by atoms with Crippen molar-refractivity contribution in [2.75, 3.05) is 38.7 Å². The van der Waals surface area contributed by atoms with Gasteiger partial charge in [-0.1, -0.05) is 12.1 Å². The number of nitrogens with one attached hydrogen (secondary N) is 3. The van der Waals surface area contributed by atoms with Crippen molar-refractivity contribution in [3.63, 3.8) is 0 Å². The fourth-order valence-electron chi connectivity index (χ4n) is 1.89.